The zero-order valence-electron chi connectivity index (χ0n) is 12.0. The van der Waals surface area contributed by atoms with Crippen LogP contribution in [-0.4, -0.2) is 34.6 Å². The number of likely N-dealkylation sites (tertiary alicyclic amines) is 1. The van der Waals surface area contributed by atoms with E-state index in [1.165, 1.54) is 0 Å². The van der Waals surface area contributed by atoms with Crippen molar-refractivity contribution < 1.29 is 14.7 Å². The summed E-state index contributed by atoms with van der Waals surface area (Å²) in [4.78, 5) is 25.3. The van der Waals surface area contributed by atoms with Crippen LogP contribution in [0.15, 0.2) is 18.2 Å². The monoisotopic (exact) mass is 276 g/mol. The molecular formula is C15H20N2O3. The first-order valence-electron chi connectivity index (χ1n) is 6.80. The Labute approximate surface area is 118 Å². The molecule has 2 unspecified atom stereocenters. The van der Waals surface area contributed by atoms with Gasteiger partial charge in [-0.05, 0) is 37.8 Å². The van der Waals surface area contributed by atoms with Crippen molar-refractivity contribution in [3.63, 3.8) is 0 Å². The molecule has 20 heavy (non-hydrogen) atoms. The van der Waals surface area contributed by atoms with E-state index in [-0.39, 0.29) is 17.6 Å². The van der Waals surface area contributed by atoms with E-state index in [9.17, 15) is 14.7 Å². The summed E-state index contributed by atoms with van der Waals surface area (Å²) in [5.74, 6) is -0.548. The maximum absolute atomic E-state index is 12.3. The molecule has 5 nitrogen and oxygen atoms in total. The van der Waals surface area contributed by atoms with E-state index in [1.807, 2.05) is 6.92 Å². The molecule has 0 aliphatic carbocycles. The van der Waals surface area contributed by atoms with Crippen molar-refractivity contribution in [2.24, 2.45) is 5.92 Å². The number of carbonyl (C=O) groups is 2. The number of nitrogens with zero attached hydrogens (tertiary/aromatic N) is 1. The van der Waals surface area contributed by atoms with E-state index in [0.717, 1.165) is 6.42 Å². The summed E-state index contributed by atoms with van der Waals surface area (Å²) in [6.07, 6.45) is 0.979. The number of aryl methyl sites for hydroxylation is 1. The van der Waals surface area contributed by atoms with Gasteiger partial charge in [-0.15, -0.1) is 0 Å². The SMILES string of the molecule is Cc1cccc(NC(=O)N2CC(C)CC2C)c1C(=O)O. The number of hydrogen-bond donors (Lipinski definition) is 2. The van der Waals surface area contributed by atoms with Crippen molar-refractivity contribution in [3.8, 4) is 0 Å². The number of aromatic carboxylic acids is 1. The summed E-state index contributed by atoms with van der Waals surface area (Å²) in [7, 11) is 0. The molecule has 2 amide bonds. The van der Waals surface area contributed by atoms with Gasteiger partial charge in [0.05, 0.1) is 11.3 Å². The topological polar surface area (TPSA) is 69.6 Å². The van der Waals surface area contributed by atoms with Crippen LogP contribution >= 0.6 is 0 Å². The van der Waals surface area contributed by atoms with E-state index in [2.05, 4.69) is 12.2 Å². The summed E-state index contributed by atoms with van der Waals surface area (Å²) in [6, 6.07) is 5.05. The van der Waals surface area contributed by atoms with Crippen molar-refractivity contribution in [3.05, 3.63) is 29.3 Å². The Morgan fingerprint density at radius 2 is 2.05 bits per heavy atom. The lowest BCUT2D eigenvalue weighted by molar-refractivity contribution is 0.0697. The van der Waals surface area contributed by atoms with Crippen LogP contribution in [0.1, 0.15) is 36.2 Å². The van der Waals surface area contributed by atoms with Crippen LogP contribution in [0.25, 0.3) is 0 Å². The van der Waals surface area contributed by atoms with Crippen LogP contribution in [0.4, 0.5) is 10.5 Å². The predicted molar refractivity (Wildman–Crippen MR) is 77.1 cm³/mol. The predicted octanol–water partition coefficient (Wildman–Crippen LogP) is 2.96. The number of hydrogen-bond acceptors (Lipinski definition) is 2. The van der Waals surface area contributed by atoms with Gasteiger partial charge in [0.1, 0.15) is 0 Å². The number of nitrogens with one attached hydrogen (secondary N) is 1. The Balaban J connectivity index is 2.20. The van der Waals surface area contributed by atoms with Crippen LogP contribution in [0.5, 0.6) is 0 Å². The number of rotatable bonds is 2. The third-order valence-corrected chi connectivity index (χ3v) is 3.77. The highest BCUT2D eigenvalue weighted by Crippen LogP contribution is 2.25. The summed E-state index contributed by atoms with van der Waals surface area (Å²) < 4.78 is 0. The molecule has 0 spiro atoms. The average Bonchev–Trinajstić information content (AvgIpc) is 2.68. The average molecular weight is 276 g/mol. The van der Waals surface area contributed by atoms with Crippen molar-refractivity contribution in [1.82, 2.24) is 4.90 Å². The van der Waals surface area contributed by atoms with Gasteiger partial charge in [-0.3, -0.25) is 0 Å². The number of carbonyl (C=O) groups excluding carboxylic acids is 1. The Morgan fingerprint density at radius 3 is 2.60 bits per heavy atom. The molecule has 108 valence electrons. The third kappa shape index (κ3) is 2.76. The second-order valence-electron chi connectivity index (χ2n) is 5.58. The van der Waals surface area contributed by atoms with E-state index in [4.69, 9.17) is 0 Å². The van der Waals surface area contributed by atoms with Crippen molar-refractivity contribution >= 4 is 17.7 Å². The van der Waals surface area contributed by atoms with Gasteiger partial charge in [-0.25, -0.2) is 9.59 Å². The lowest BCUT2D eigenvalue weighted by Crippen LogP contribution is -2.37. The number of anilines is 1. The van der Waals surface area contributed by atoms with Gasteiger partial charge in [-0.1, -0.05) is 19.1 Å². The molecule has 1 aromatic rings. The van der Waals surface area contributed by atoms with E-state index < -0.39 is 5.97 Å². The normalized spacial score (nSPS) is 21.9. The van der Waals surface area contributed by atoms with Crippen LogP contribution < -0.4 is 5.32 Å². The zero-order chi connectivity index (χ0) is 14.9. The lowest BCUT2D eigenvalue weighted by Gasteiger charge is -2.22. The van der Waals surface area contributed by atoms with E-state index >= 15 is 0 Å². The van der Waals surface area contributed by atoms with Crippen LogP contribution in [0.2, 0.25) is 0 Å². The Bertz CT molecular complexity index is 542. The van der Waals surface area contributed by atoms with Gasteiger partial charge in [0.25, 0.3) is 0 Å². The molecule has 2 atom stereocenters. The van der Waals surface area contributed by atoms with Gasteiger partial charge in [0.15, 0.2) is 0 Å². The maximum Gasteiger partial charge on any atom is 0.338 e. The minimum Gasteiger partial charge on any atom is -0.478 e. The summed E-state index contributed by atoms with van der Waals surface area (Å²) in [6.45, 7) is 6.55. The molecule has 1 saturated heterocycles. The van der Waals surface area contributed by atoms with Gasteiger partial charge in [-0.2, -0.15) is 0 Å². The molecule has 5 heteroatoms. The highest BCUT2D eigenvalue weighted by Gasteiger charge is 2.30. The maximum atomic E-state index is 12.3. The quantitative estimate of drug-likeness (QED) is 0.872. The molecule has 1 aliphatic heterocycles. The molecule has 1 heterocycles. The van der Waals surface area contributed by atoms with E-state index in [1.54, 1.807) is 30.0 Å². The fourth-order valence-corrected chi connectivity index (χ4v) is 2.83. The van der Waals surface area contributed by atoms with Gasteiger partial charge < -0.3 is 15.3 Å². The Hall–Kier alpha value is -2.04. The number of benzene rings is 1. The fourth-order valence-electron chi connectivity index (χ4n) is 2.83. The van der Waals surface area contributed by atoms with Crippen LogP contribution in [0, 0.1) is 12.8 Å². The number of urea groups is 1. The Kier molecular flexibility index (Phi) is 3.97. The first-order chi connectivity index (χ1) is 9.40. The molecule has 0 saturated carbocycles. The molecule has 2 rings (SSSR count). The highest BCUT2D eigenvalue weighted by atomic mass is 16.4. The van der Waals surface area contributed by atoms with Crippen LogP contribution in [0.3, 0.4) is 0 Å². The molecule has 0 radical (unpaired) electrons. The van der Waals surface area contributed by atoms with E-state index in [0.29, 0.717) is 23.7 Å². The molecule has 0 aromatic heterocycles. The Morgan fingerprint density at radius 1 is 1.35 bits per heavy atom. The second-order valence-corrected chi connectivity index (χ2v) is 5.58. The molecule has 1 fully saturated rings. The minimum absolute atomic E-state index is 0.153. The third-order valence-electron chi connectivity index (χ3n) is 3.77. The largest absolute Gasteiger partial charge is 0.478 e. The standard InChI is InChI=1S/C15H20N2O3/c1-9-7-11(3)17(8-9)15(20)16-12-6-4-5-10(2)13(12)14(18)19/h4-6,9,11H,7-8H2,1-3H3,(H,16,20)(H,18,19). The summed E-state index contributed by atoms with van der Waals surface area (Å²) >= 11 is 0. The lowest BCUT2D eigenvalue weighted by atomic mass is 10.1. The van der Waals surface area contributed by atoms with Gasteiger partial charge in [0, 0.05) is 12.6 Å². The molecule has 0 bridgehead atoms. The first kappa shape index (κ1) is 14.4. The second kappa shape index (κ2) is 5.53. The fraction of sp³-hybridized carbons (Fsp3) is 0.467. The molecule has 2 N–H and O–H groups in total. The van der Waals surface area contributed by atoms with Crippen molar-refractivity contribution in [2.75, 3.05) is 11.9 Å². The van der Waals surface area contributed by atoms with Crippen molar-refractivity contribution in [2.45, 2.75) is 33.2 Å². The van der Waals surface area contributed by atoms with Gasteiger partial charge in [0.2, 0.25) is 0 Å². The number of amides is 2. The molecular weight excluding hydrogens is 256 g/mol. The summed E-state index contributed by atoms with van der Waals surface area (Å²) in [5, 5.41) is 12.0. The van der Waals surface area contributed by atoms with Crippen LogP contribution in [-0.2, 0) is 0 Å². The number of carboxylic acids is 1. The smallest absolute Gasteiger partial charge is 0.338 e. The number of carboxylic acid groups (broad SMARTS) is 1. The van der Waals surface area contributed by atoms with Gasteiger partial charge >= 0.3 is 12.0 Å². The minimum atomic E-state index is -1.03. The molecule has 1 aliphatic rings. The zero-order valence-corrected chi connectivity index (χ0v) is 12.0. The first-order valence-corrected chi connectivity index (χ1v) is 6.80. The molecule has 1 aromatic carbocycles. The summed E-state index contributed by atoms with van der Waals surface area (Å²) in [5.41, 5.74) is 1.15. The highest BCUT2D eigenvalue weighted by molar-refractivity contribution is 6.01. The van der Waals surface area contributed by atoms with Crippen molar-refractivity contribution in [1.29, 1.82) is 0 Å².